The molecule has 1 aliphatic heterocycles. The number of benzene rings is 3. The van der Waals surface area contributed by atoms with Crippen molar-refractivity contribution in [2.24, 2.45) is 0 Å². The molecule has 2 heterocycles. The van der Waals surface area contributed by atoms with Crippen molar-refractivity contribution in [1.29, 1.82) is 0 Å². The van der Waals surface area contributed by atoms with Crippen molar-refractivity contribution in [2.45, 2.75) is 25.2 Å². The second-order valence-corrected chi connectivity index (χ2v) is 8.70. The Morgan fingerprint density at radius 3 is 2.27 bits per heavy atom. The molecule has 5 rings (SSSR count). The van der Waals surface area contributed by atoms with E-state index >= 15 is 0 Å². The van der Waals surface area contributed by atoms with Crippen LogP contribution in [0, 0.1) is 0 Å². The first kappa shape index (κ1) is 19.4. The lowest BCUT2D eigenvalue weighted by atomic mass is 9.86. The summed E-state index contributed by atoms with van der Waals surface area (Å²) in [4.78, 5) is 6.29. The van der Waals surface area contributed by atoms with E-state index in [0.717, 1.165) is 36.6 Å². The van der Waals surface area contributed by atoms with Crippen LogP contribution in [0.5, 0.6) is 0 Å². The summed E-state index contributed by atoms with van der Waals surface area (Å²) in [6.07, 6.45) is 3.47. The number of halogens is 1. The summed E-state index contributed by atoms with van der Waals surface area (Å²) in [5, 5.41) is 2.06. The lowest BCUT2D eigenvalue weighted by Gasteiger charge is -2.32. The van der Waals surface area contributed by atoms with Crippen molar-refractivity contribution in [1.82, 2.24) is 9.88 Å². The van der Waals surface area contributed by atoms with Crippen LogP contribution >= 0.6 is 11.6 Å². The van der Waals surface area contributed by atoms with Gasteiger partial charge in [0.25, 0.3) is 0 Å². The van der Waals surface area contributed by atoms with Crippen LogP contribution < -0.4 is 0 Å². The SMILES string of the molecule is Clc1cccc2[nH]c(-c3ccccc3)c(C3CCN(CCc4ccccc4)CC3)c12. The van der Waals surface area contributed by atoms with Crippen molar-refractivity contribution in [2.75, 3.05) is 19.6 Å². The number of rotatable bonds is 5. The average molecular weight is 415 g/mol. The van der Waals surface area contributed by atoms with Gasteiger partial charge in [0.05, 0.1) is 10.7 Å². The monoisotopic (exact) mass is 414 g/mol. The number of aromatic amines is 1. The Hall–Kier alpha value is -2.55. The number of hydrogen-bond donors (Lipinski definition) is 1. The Bertz CT molecular complexity index is 1110. The molecule has 2 nitrogen and oxygen atoms in total. The minimum Gasteiger partial charge on any atom is -0.354 e. The molecule has 0 amide bonds. The van der Waals surface area contributed by atoms with E-state index in [1.165, 1.54) is 40.6 Å². The molecule has 1 fully saturated rings. The summed E-state index contributed by atoms with van der Waals surface area (Å²) < 4.78 is 0. The van der Waals surface area contributed by atoms with Crippen molar-refractivity contribution < 1.29 is 0 Å². The van der Waals surface area contributed by atoms with Crippen LogP contribution in [0.4, 0.5) is 0 Å². The van der Waals surface area contributed by atoms with Gasteiger partial charge in [0, 0.05) is 17.4 Å². The van der Waals surface area contributed by atoms with Gasteiger partial charge in [-0.3, -0.25) is 0 Å². The zero-order chi connectivity index (χ0) is 20.3. The number of piperidine rings is 1. The van der Waals surface area contributed by atoms with Gasteiger partial charge in [0.15, 0.2) is 0 Å². The molecule has 1 N–H and O–H groups in total. The highest BCUT2D eigenvalue weighted by atomic mass is 35.5. The lowest BCUT2D eigenvalue weighted by molar-refractivity contribution is 0.215. The third-order valence-electron chi connectivity index (χ3n) is 6.43. The van der Waals surface area contributed by atoms with Gasteiger partial charge in [-0.15, -0.1) is 0 Å². The van der Waals surface area contributed by atoms with Crippen LogP contribution in [-0.2, 0) is 6.42 Å². The Morgan fingerprint density at radius 1 is 0.833 bits per heavy atom. The predicted molar refractivity (Wildman–Crippen MR) is 127 cm³/mol. The topological polar surface area (TPSA) is 19.0 Å². The van der Waals surface area contributed by atoms with Crippen LogP contribution in [-0.4, -0.2) is 29.5 Å². The maximum Gasteiger partial charge on any atom is 0.0502 e. The number of nitrogens with zero attached hydrogens (tertiary/aromatic N) is 1. The maximum atomic E-state index is 6.70. The van der Waals surface area contributed by atoms with Gasteiger partial charge in [0.1, 0.15) is 0 Å². The first-order valence-corrected chi connectivity index (χ1v) is 11.3. The number of nitrogens with one attached hydrogen (secondary N) is 1. The number of likely N-dealkylation sites (tertiary alicyclic amines) is 1. The van der Waals surface area contributed by atoms with Gasteiger partial charge in [-0.1, -0.05) is 78.3 Å². The number of fused-ring (bicyclic) bond motifs is 1. The number of H-pyrrole nitrogens is 1. The van der Waals surface area contributed by atoms with Crippen molar-refractivity contribution in [3.63, 3.8) is 0 Å². The fourth-order valence-electron chi connectivity index (χ4n) is 4.85. The Kier molecular flexibility index (Phi) is 5.61. The molecule has 0 atom stereocenters. The highest BCUT2D eigenvalue weighted by Gasteiger charge is 2.27. The average Bonchev–Trinajstić information content (AvgIpc) is 3.20. The molecular formula is C27H27ClN2. The Balaban J connectivity index is 1.39. The predicted octanol–water partition coefficient (Wildman–Crippen LogP) is 6.91. The third kappa shape index (κ3) is 3.90. The van der Waals surface area contributed by atoms with Crippen molar-refractivity contribution in [3.8, 4) is 11.3 Å². The summed E-state index contributed by atoms with van der Waals surface area (Å²) in [7, 11) is 0. The molecule has 3 aromatic carbocycles. The van der Waals surface area contributed by atoms with E-state index in [-0.39, 0.29) is 0 Å². The Labute approximate surface area is 183 Å². The van der Waals surface area contributed by atoms with E-state index in [9.17, 15) is 0 Å². The number of hydrogen-bond acceptors (Lipinski definition) is 1. The zero-order valence-corrected chi connectivity index (χ0v) is 17.9. The molecule has 0 aliphatic carbocycles. The fourth-order valence-corrected chi connectivity index (χ4v) is 5.12. The summed E-state index contributed by atoms with van der Waals surface area (Å²) in [6.45, 7) is 3.42. The van der Waals surface area contributed by atoms with Crippen LogP contribution in [0.25, 0.3) is 22.2 Å². The molecule has 152 valence electrons. The van der Waals surface area contributed by atoms with Crippen LogP contribution in [0.3, 0.4) is 0 Å². The molecule has 1 aliphatic rings. The van der Waals surface area contributed by atoms with Crippen LogP contribution in [0.2, 0.25) is 5.02 Å². The quantitative estimate of drug-likeness (QED) is 0.376. The molecule has 0 radical (unpaired) electrons. The van der Waals surface area contributed by atoms with Gasteiger partial charge >= 0.3 is 0 Å². The minimum atomic E-state index is 0.529. The third-order valence-corrected chi connectivity index (χ3v) is 6.74. The van der Waals surface area contributed by atoms with Gasteiger partial charge in [0.2, 0.25) is 0 Å². The van der Waals surface area contributed by atoms with E-state index in [1.54, 1.807) is 0 Å². The molecule has 0 bridgehead atoms. The second kappa shape index (κ2) is 8.67. The largest absolute Gasteiger partial charge is 0.354 e. The smallest absolute Gasteiger partial charge is 0.0502 e. The van der Waals surface area contributed by atoms with Gasteiger partial charge < -0.3 is 9.88 Å². The molecule has 0 saturated carbocycles. The molecule has 0 unspecified atom stereocenters. The molecule has 30 heavy (non-hydrogen) atoms. The van der Waals surface area contributed by atoms with Crippen LogP contribution in [0.15, 0.2) is 78.9 Å². The van der Waals surface area contributed by atoms with Crippen LogP contribution in [0.1, 0.15) is 29.9 Å². The van der Waals surface area contributed by atoms with E-state index in [1.807, 2.05) is 12.1 Å². The Morgan fingerprint density at radius 2 is 1.53 bits per heavy atom. The second-order valence-electron chi connectivity index (χ2n) is 8.29. The van der Waals surface area contributed by atoms with Crippen molar-refractivity contribution >= 4 is 22.5 Å². The summed E-state index contributed by atoms with van der Waals surface area (Å²) in [6, 6.07) is 27.7. The number of aromatic nitrogens is 1. The molecular weight excluding hydrogens is 388 g/mol. The lowest BCUT2D eigenvalue weighted by Crippen LogP contribution is -2.34. The van der Waals surface area contributed by atoms with Crippen molar-refractivity contribution in [3.05, 3.63) is 95.0 Å². The van der Waals surface area contributed by atoms with E-state index in [0.29, 0.717) is 5.92 Å². The summed E-state index contributed by atoms with van der Waals surface area (Å²) in [5.74, 6) is 0.529. The summed E-state index contributed by atoms with van der Waals surface area (Å²) >= 11 is 6.70. The molecule has 3 heteroatoms. The minimum absolute atomic E-state index is 0.529. The highest BCUT2D eigenvalue weighted by molar-refractivity contribution is 6.36. The molecule has 0 spiro atoms. The normalized spacial score (nSPS) is 15.6. The van der Waals surface area contributed by atoms with E-state index < -0.39 is 0 Å². The zero-order valence-electron chi connectivity index (χ0n) is 17.2. The van der Waals surface area contributed by atoms with E-state index in [4.69, 9.17) is 11.6 Å². The maximum absolute atomic E-state index is 6.70. The van der Waals surface area contributed by atoms with Gasteiger partial charge in [-0.05, 0) is 67.1 Å². The molecule has 1 aromatic heterocycles. The van der Waals surface area contributed by atoms with E-state index in [2.05, 4.69) is 76.6 Å². The highest BCUT2D eigenvalue weighted by Crippen LogP contribution is 2.42. The fraction of sp³-hybridized carbons (Fsp3) is 0.259. The van der Waals surface area contributed by atoms with Gasteiger partial charge in [-0.2, -0.15) is 0 Å². The molecule has 4 aromatic rings. The molecule has 1 saturated heterocycles. The first-order valence-electron chi connectivity index (χ1n) is 10.9. The first-order chi connectivity index (χ1) is 14.8. The van der Waals surface area contributed by atoms with Gasteiger partial charge in [-0.25, -0.2) is 0 Å². The standard InChI is InChI=1S/C27H27ClN2/c28-23-12-7-13-24-26(23)25(27(29-24)22-10-5-2-6-11-22)21-15-18-30(19-16-21)17-14-20-8-3-1-4-9-20/h1-13,21,29H,14-19H2. The summed E-state index contributed by atoms with van der Waals surface area (Å²) in [5.41, 5.74) is 6.45.